The van der Waals surface area contributed by atoms with Crippen molar-refractivity contribution < 1.29 is 9.53 Å². The average molecular weight is 226 g/mol. The van der Waals surface area contributed by atoms with E-state index in [1.807, 2.05) is 0 Å². The molecule has 1 amide bonds. The molecule has 0 aromatic heterocycles. The minimum atomic E-state index is -0.159. The highest BCUT2D eigenvalue weighted by Gasteiger charge is 2.39. The zero-order chi connectivity index (χ0) is 11.4. The smallest absolute Gasteiger partial charge is 0.219 e. The van der Waals surface area contributed by atoms with Crippen molar-refractivity contribution in [1.82, 2.24) is 4.90 Å². The zero-order valence-electron chi connectivity index (χ0n) is 9.91. The fourth-order valence-corrected chi connectivity index (χ4v) is 3.18. The van der Waals surface area contributed by atoms with E-state index in [1.165, 1.54) is 19.3 Å². The molecule has 1 aliphatic heterocycles. The monoisotopic (exact) mass is 226 g/mol. The Morgan fingerprint density at radius 1 is 1.19 bits per heavy atom. The van der Waals surface area contributed by atoms with Gasteiger partial charge in [-0.1, -0.05) is 19.3 Å². The average Bonchev–Trinajstić information content (AvgIpc) is 2.30. The molecule has 0 spiro atoms. The number of rotatable bonds is 3. The van der Waals surface area contributed by atoms with Crippen molar-refractivity contribution in [3.63, 3.8) is 0 Å². The third-order valence-electron chi connectivity index (χ3n) is 3.97. The van der Waals surface area contributed by atoms with Crippen molar-refractivity contribution in [2.24, 2.45) is 5.73 Å². The van der Waals surface area contributed by atoms with Crippen molar-refractivity contribution >= 4 is 5.91 Å². The summed E-state index contributed by atoms with van der Waals surface area (Å²) in [4.78, 5) is 13.7. The lowest BCUT2D eigenvalue weighted by molar-refractivity contribution is -0.123. The SMILES string of the molecule is NC(=O)CC1(N2CCOCC2)CCCCC1. The number of primary amides is 1. The number of nitrogens with zero attached hydrogens (tertiary/aromatic N) is 1. The summed E-state index contributed by atoms with van der Waals surface area (Å²) in [6, 6.07) is 0. The number of morpholine rings is 1. The lowest BCUT2D eigenvalue weighted by Gasteiger charge is -2.47. The number of carbonyl (C=O) groups is 1. The van der Waals surface area contributed by atoms with Gasteiger partial charge in [-0.2, -0.15) is 0 Å². The predicted octanol–water partition coefficient (Wildman–Crippen LogP) is 0.897. The van der Waals surface area contributed by atoms with Crippen LogP contribution in [0.25, 0.3) is 0 Å². The van der Waals surface area contributed by atoms with Crippen LogP contribution in [0.1, 0.15) is 38.5 Å². The number of hydrogen-bond donors (Lipinski definition) is 1. The molecule has 1 heterocycles. The number of hydrogen-bond acceptors (Lipinski definition) is 3. The molecule has 92 valence electrons. The van der Waals surface area contributed by atoms with Crippen molar-refractivity contribution in [2.75, 3.05) is 26.3 Å². The topological polar surface area (TPSA) is 55.6 Å². The molecule has 0 atom stereocenters. The lowest BCUT2D eigenvalue weighted by Crippen LogP contribution is -2.56. The molecule has 1 aliphatic carbocycles. The van der Waals surface area contributed by atoms with Crippen molar-refractivity contribution in [2.45, 2.75) is 44.1 Å². The quantitative estimate of drug-likeness (QED) is 0.778. The van der Waals surface area contributed by atoms with E-state index in [0.717, 1.165) is 39.1 Å². The first-order valence-electron chi connectivity index (χ1n) is 6.34. The van der Waals surface area contributed by atoms with E-state index < -0.39 is 0 Å². The molecular weight excluding hydrogens is 204 g/mol. The molecule has 0 unspecified atom stereocenters. The molecule has 2 rings (SSSR count). The maximum Gasteiger partial charge on any atom is 0.219 e. The highest BCUT2D eigenvalue weighted by Crippen LogP contribution is 2.36. The third-order valence-corrected chi connectivity index (χ3v) is 3.97. The van der Waals surface area contributed by atoms with Gasteiger partial charge in [0.1, 0.15) is 0 Å². The van der Waals surface area contributed by atoms with Crippen LogP contribution >= 0.6 is 0 Å². The molecule has 0 aromatic rings. The van der Waals surface area contributed by atoms with Crippen LogP contribution in [0.3, 0.4) is 0 Å². The lowest BCUT2D eigenvalue weighted by atomic mass is 9.77. The maximum atomic E-state index is 11.3. The van der Waals surface area contributed by atoms with Gasteiger partial charge in [-0.25, -0.2) is 0 Å². The van der Waals surface area contributed by atoms with Crippen LogP contribution in [0.15, 0.2) is 0 Å². The first kappa shape index (κ1) is 11.9. The standard InChI is InChI=1S/C12H22N2O2/c13-11(15)10-12(4-2-1-3-5-12)14-6-8-16-9-7-14/h1-10H2,(H2,13,15). The van der Waals surface area contributed by atoms with Crippen LogP contribution in [0.4, 0.5) is 0 Å². The highest BCUT2D eigenvalue weighted by molar-refractivity contribution is 5.75. The summed E-state index contributed by atoms with van der Waals surface area (Å²) in [5.74, 6) is -0.159. The number of nitrogens with two attached hydrogens (primary N) is 1. The van der Waals surface area contributed by atoms with Crippen molar-refractivity contribution in [3.05, 3.63) is 0 Å². The molecule has 1 saturated carbocycles. The van der Waals surface area contributed by atoms with E-state index >= 15 is 0 Å². The summed E-state index contributed by atoms with van der Waals surface area (Å²) in [6.07, 6.45) is 6.51. The summed E-state index contributed by atoms with van der Waals surface area (Å²) in [6.45, 7) is 3.49. The first-order valence-corrected chi connectivity index (χ1v) is 6.34. The van der Waals surface area contributed by atoms with Gasteiger partial charge in [-0.05, 0) is 12.8 Å². The van der Waals surface area contributed by atoms with Gasteiger partial charge < -0.3 is 10.5 Å². The molecule has 2 fully saturated rings. The van der Waals surface area contributed by atoms with Gasteiger partial charge in [0.15, 0.2) is 0 Å². The summed E-state index contributed by atoms with van der Waals surface area (Å²) < 4.78 is 5.38. The first-order chi connectivity index (χ1) is 7.73. The zero-order valence-corrected chi connectivity index (χ0v) is 9.91. The molecule has 4 nitrogen and oxygen atoms in total. The Balaban J connectivity index is 2.07. The summed E-state index contributed by atoms with van der Waals surface area (Å²) in [5.41, 5.74) is 5.47. The minimum Gasteiger partial charge on any atom is -0.379 e. The number of ether oxygens (including phenoxy) is 1. The van der Waals surface area contributed by atoms with E-state index in [0.29, 0.717) is 6.42 Å². The third kappa shape index (κ3) is 2.55. The summed E-state index contributed by atoms with van der Waals surface area (Å²) >= 11 is 0. The second-order valence-electron chi connectivity index (χ2n) is 5.03. The van der Waals surface area contributed by atoms with E-state index in [1.54, 1.807) is 0 Å². The molecule has 0 bridgehead atoms. The molecule has 0 radical (unpaired) electrons. The predicted molar refractivity (Wildman–Crippen MR) is 62.0 cm³/mol. The Labute approximate surface area is 97.1 Å². The van der Waals surface area contributed by atoms with Gasteiger partial charge in [0.05, 0.1) is 13.2 Å². The Kier molecular flexibility index (Phi) is 3.82. The van der Waals surface area contributed by atoms with Crippen LogP contribution < -0.4 is 5.73 Å². The summed E-state index contributed by atoms with van der Waals surface area (Å²) in [7, 11) is 0. The van der Waals surface area contributed by atoms with E-state index in [-0.39, 0.29) is 11.4 Å². The van der Waals surface area contributed by atoms with Gasteiger partial charge in [0.2, 0.25) is 5.91 Å². The van der Waals surface area contributed by atoms with Crippen molar-refractivity contribution in [3.8, 4) is 0 Å². The second kappa shape index (κ2) is 5.15. The van der Waals surface area contributed by atoms with E-state index in [9.17, 15) is 4.79 Å². The minimum absolute atomic E-state index is 0.0495. The fraction of sp³-hybridized carbons (Fsp3) is 0.917. The van der Waals surface area contributed by atoms with Crippen LogP contribution in [0, 0.1) is 0 Å². The number of amides is 1. The van der Waals surface area contributed by atoms with Crippen molar-refractivity contribution in [1.29, 1.82) is 0 Å². The van der Waals surface area contributed by atoms with Crippen LogP contribution in [0.2, 0.25) is 0 Å². The fourth-order valence-electron chi connectivity index (χ4n) is 3.18. The highest BCUT2D eigenvalue weighted by atomic mass is 16.5. The Morgan fingerprint density at radius 3 is 2.38 bits per heavy atom. The molecule has 1 saturated heterocycles. The van der Waals surface area contributed by atoms with E-state index in [4.69, 9.17) is 10.5 Å². The Hall–Kier alpha value is -0.610. The van der Waals surface area contributed by atoms with Gasteiger partial charge >= 0.3 is 0 Å². The summed E-state index contributed by atoms with van der Waals surface area (Å²) in [5, 5.41) is 0. The Morgan fingerprint density at radius 2 is 1.81 bits per heavy atom. The largest absolute Gasteiger partial charge is 0.379 e. The van der Waals surface area contributed by atoms with E-state index in [2.05, 4.69) is 4.90 Å². The van der Waals surface area contributed by atoms with Gasteiger partial charge in [-0.15, -0.1) is 0 Å². The molecule has 2 N–H and O–H groups in total. The molecule has 0 aromatic carbocycles. The van der Waals surface area contributed by atoms with Gasteiger partial charge in [-0.3, -0.25) is 9.69 Å². The number of carbonyl (C=O) groups excluding carboxylic acids is 1. The molecule has 2 aliphatic rings. The molecule has 4 heteroatoms. The van der Waals surface area contributed by atoms with Crippen LogP contribution in [-0.4, -0.2) is 42.6 Å². The Bertz CT molecular complexity index is 243. The second-order valence-corrected chi connectivity index (χ2v) is 5.03. The maximum absolute atomic E-state index is 11.3. The van der Waals surface area contributed by atoms with Gasteiger partial charge in [0.25, 0.3) is 0 Å². The molecule has 16 heavy (non-hydrogen) atoms. The van der Waals surface area contributed by atoms with Gasteiger partial charge in [0, 0.05) is 25.0 Å². The molecular formula is C12H22N2O2. The normalized spacial score (nSPS) is 26.5. The van der Waals surface area contributed by atoms with Crippen LogP contribution in [-0.2, 0) is 9.53 Å². The van der Waals surface area contributed by atoms with Crippen LogP contribution in [0.5, 0.6) is 0 Å².